The second kappa shape index (κ2) is 7.57. The highest BCUT2D eigenvalue weighted by atomic mass is 19.4. The number of rotatable bonds is 4. The van der Waals surface area contributed by atoms with Gasteiger partial charge in [-0.3, -0.25) is 19.8 Å². The van der Waals surface area contributed by atoms with Crippen LogP contribution in [0.2, 0.25) is 0 Å². The summed E-state index contributed by atoms with van der Waals surface area (Å²) < 4.78 is 38.7. The van der Waals surface area contributed by atoms with E-state index in [1.54, 1.807) is 4.90 Å². The number of likely N-dealkylation sites (tertiary alicyclic amines) is 1. The van der Waals surface area contributed by atoms with Gasteiger partial charge in [-0.25, -0.2) is 0 Å². The van der Waals surface area contributed by atoms with Gasteiger partial charge in [-0.05, 0) is 50.9 Å². The van der Waals surface area contributed by atoms with Gasteiger partial charge in [-0.1, -0.05) is 6.42 Å². The highest BCUT2D eigenvalue weighted by Gasteiger charge is 2.46. The molecule has 0 aromatic heterocycles. The first-order valence-corrected chi connectivity index (χ1v) is 9.31. The lowest BCUT2D eigenvalue weighted by Gasteiger charge is -2.48. The fraction of sp³-hybridized carbons (Fsp3) is 0.611. The highest BCUT2D eigenvalue weighted by molar-refractivity contribution is 5.85. The van der Waals surface area contributed by atoms with Crippen molar-refractivity contribution < 1.29 is 22.9 Å². The lowest BCUT2D eigenvalue weighted by molar-refractivity contribution is -0.384. The number of alkyl halides is 3. The van der Waals surface area contributed by atoms with Crippen molar-refractivity contribution in [1.82, 2.24) is 4.90 Å². The Hall–Kier alpha value is -2.36. The molecule has 28 heavy (non-hydrogen) atoms. The Morgan fingerprint density at radius 2 is 1.71 bits per heavy atom. The molecule has 2 saturated heterocycles. The minimum atomic E-state index is -4.65. The molecule has 0 bridgehead atoms. The quantitative estimate of drug-likeness (QED) is 0.620. The Bertz CT molecular complexity index is 755. The molecule has 0 saturated carbocycles. The van der Waals surface area contributed by atoms with E-state index in [0.29, 0.717) is 32.0 Å². The number of anilines is 1. The zero-order valence-corrected chi connectivity index (χ0v) is 15.4. The summed E-state index contributed by atoms with van der Waals surface area (Å²) in [6.07, 6.45) is -0.789. The Kier molecular flexibility index (Phi) is 5.51. The normalized spacial score (nSPS) is 20.8. The van der Waals surface area contributed by atoms with Gasteiger partial charge in [0.2, 0.25) is 5.91 Å². The van der Waals surface area contributed by atoms with Gasteiger partial charge in [0.05, 0.1) is 10.5 Å². The smallest absolute Gasteiger partial charge is 0.368 e. The van der Waals surface area contributed by atoms with Gasteiger partial charge >= 0.3 is 6.18 Å². The molecule has 10 heteroatoms. The number of hydrogen-bond acceptors (Lipinski definition) is 5. The molecule has 2 heterocycles. The Morgan fingerprint density at radius 3 is 2.21 bits per heavy atom. The maximum atomic E-state index is 12.9. The molecular formula is C18H23F3N4O3. The summed E-state index contributed by atoms with van der Waals surface area (Å²) in [7, 11) is 0. The predicted molar refractivity (Wildman–Crippen MR) is 96.9 cm³/mol. The van der Waals surface area contributed by atoms with Crippen molar-refractivity contribution >= 4 is 17.3 Å². The number of nitrogens with zero attached hydrogens (tertiary/aromatic N) is 3. The van der Waals surface area contributed by atoms with Gasteiger partial charge < -0.3 is 10.6 Å². The SMILES string of the molecule is NC(=O)C1(N2CCCCC2)CCN(c2ccc(C(F)(F)F)cc2[N+](=O)[O-])CC1. The monoisotopic (exact) mass is 400 g/mol. The summed E-state index contributed by atoms with van der Waals surface area (Å²) in [4.78, 5) is 26.6. The summed E-state index contributed by atoms with van der Waals surface area (Å²) in [5, 5.41) is 11.4. The summed E-state index contributed by atoms with van der Waals surface area (Å²) in [5.74, 6) is -0.407. The molecule has 0 atom stereocenters. The molecule has 1 amide bonds. The van der Waals surface area contributed by atoms with Gasteiger partial charge in [0.15, 0.2) is 0 Å². The molecule has 2 aliphatic rings. The molecule has 1 aromatic carbocycles. The molecule has 7 nitrogen and oxygen atoms in total. The summed E-state index contributed by atoms with van der Waals surface area (Å²) >= 11 is 0. The zero-order chi connectivity index (χ0) is 20.5. The van der Waals surface area contributed by atoms with Crippen LogP contribution in [0.1, 0.15) is 37.7 Å². The second-order valence-electron chi connectivity index (χ2n) is 7.39. The van der Waals surface area contributed by atoms with Crippen LogP contribution in [-0.2, 0) is 11.0 Å². The minimum Gasteiger partial charge on any atom is -0.368 e. The van der Waals surface area contributed by atoms with Crippen LogP contribution in [-0.4, -0.2) is 47.4 Å². The van der Waals surface area contributed by atoms with Crippen LogP contribution in [0.5, 0.6) is 0 Å². The highest BCUT2D eigenvalue weighted by Crippen LogP contribution is 2.39. The average molecular weight is 400 g/mol. The molecule has 154 valence electrons. The molecule has 0 radical (unpaired) electrons. The van der Waals surface area contributed by atoms with Crippen LogP contribution < -0.4 is 10.6 Å². The average Bonchev–Trinajstić information content (AvgIpc) is 2.67. The van der Waals surface area contributed by atoms with Gasteiger partial charge in [0.1, 0.15) is 11.2 Å². The largest absolute Gasteiger partial charge is 0.416 e. The molecule has 0 spiro atoms. The van der Waals surface area contributed by atoms with Crippen LogP contribution in [0.3, 0.4) is 0 Å². The number of amides is 1. The molecule has 3 rings (SSSR count). The summed E-state index contributed by atoms with van der Waals surface area (Å²) in [6, 6.07) is 2.55. The molecule has 2 fully saturated rings. The molecule has 0 unspecified atom stereocenters. The number of piperidine rings is 2. The lowest BCUT2D eigenvalue weighted by Crippen LogP contribution is -2.63. The number of primary amides is 1. The van der Waals surface area contributed by atoms with Gasteiger partial charge in [0, 0.05) is 19.2 Å². The van der Waals surface area contributed by atoms with E-state index in [-0.39, 0.29) is 5.69 Å². The minimum absolute atomic E-state index is 0.134. The van der Waals surface area contributed by atoms with Gasteiger partial charge in [-0.2, -0.15) is 13.2 Å². The molecule has 1 aromatic rings. The first-order valence-electron chi connectivity index (χ1n) is 9.31. The number of nitrogens with two attached hydrogens (primary N) is 1. The number of carbonyl (C=O) groups is 1. The van der Waals surface area contributed by atoms with Crippen molar-refractivity contribution in [2.75, 3.05) is 31.1 Å². The Labute approximate surface area is 160 Å². The number of carbonyl (C=O) groups excluding carboxylic acids is 1. The van der Waals surface area contributed by atoms with E-state index in [9.17, 15) is 28.1 Å². The molecular weight excluding hydrogens is 377 g/mol. The van der Waals surface area contributed by atoms with E-state index in [2.05, 4.69) is 4.90 Å². The number of hydrogen-bond donors (Lipinski definition) is 1. The number of benzene rings is 1. The van der Waals surface area contributed by atoms with E-state index >= 15 is 0 Å². The van der Waals surface area contributed by atoms with Crippen LogP contribution in [0.4, 0.5) is 24.5 Å². The third-order valence-corrected chi connectivity index (χ3v) is 5.85. The van der Waals surface area contributed by atoms with Crippen molar-refractivity contribution in [3.05, 3.63) is 33.9 Å². The standard InChI is InChI=1S/C18H23F3N4O3/c19-18(20,21)13-4-5-14(15(12-13)25(27)28)23-10-6-17(7-11-23,16(22)26)24-8-2-1-3-9-24/h4-5,12H,1-3,6-11H2,(H2,22,26). The third kappa shape index (κ3) is 3.78. The van der Waals surface area contributed by atoms with Crippen molar-refractivity contribution in [3.8, 4) is 0 Å². The predicted octanol–water partition coefficient (Wildman–Crippen LogP) is 2.92. The van der Waals surface area contributed by atoms with E-state index < -0.39 is 33.8 Å². The Balaban J connectivity index is 1.84. The van der Waals surface area contributed by atoms with E-state index in [1.807, 2.05) is 0 Å². The second-order valence-corrected chi connectivity index (χ2v) is 7.39. The first-order chi connectivity index (χ1) is 13.1. The van der Waals surface area contributed by atoms with Crippen molar-refractivity contribution in [2.24, 2.45) is 5.73 Å². The molecule has 2 N–H and O–H groups in total. The topological polar surface area (TPSA) is 92.7 Å². The van der Waals surface area contributed by atoms with Crippen LogP contribution >= 0.6 is 0 Å². The maximum Gasteiger partial charge on any atom is 0.416 e. The zero-order valence-electron chi connectivity index (χ0n) is 15.4. The van der Waals surface area contributed by atoms with Crippen LogP contribution in [0, 0.1) is 10.1 Å². The lowest BCUT2D eigenvalue weighted by atomic mass is 9.83. The van der Waals surface area contributed by atoms with Crippen molar-refractivity contribution in [2.45, 2.75) is 43.8 Å². The number of nitro benzene ring substituents is 1. The summed E-state index contributed by atoms with van der Waals surface area (Å²) in [6.45, 7) is 2.18. The van der Waals surface area contributed by atoms with E-state index in [0.717, 1.165) is 44.5 Å². The number of halogens is 3. The van der Waals surface area contributed by atoms with Gasteiger partial charge in [0.25, 0.3) is 5.69 Å². The van der Waals surface area contributed by atoms with Crippen molar-refractivity contribution in [1.29, 1.82) is 0 Å². The van der Waals surface area contributed by atoms with Crippen LogP contribution in [0.25, 0.3) is 0 Å². The van der Waals surface area contributed by atoms with Crippen LogP contribution in [0.15, 0.2) is 18.2 Å². The van der Waals surface area contributed by atoms with E-state index in [1.165, 1.54) is 0 Å². The Morgan fingerprint density at radius 1 is 1.11 bits per heavy atom. The van der Waals surface area contributed by atoms with Crippen molar-refractivity contribution in [3.63, 3.8) is 0 Å². The van der Waals surface area contributed by atoms with E-state index in [4.69, 9.17) is 5.73 Å². The first kappa shape index (κ1) is 20.4. The fourth-order valence-corrected chi connectivity index (χ4v) is 4.27. The van der Waals surface area contributed by atoms with Gasteiger partial charge in [-0.15, -0.1) is 0 Å². The molecule has 2 aliphatic heterocycles. The third-order valence-electron chi connectivity index (χ3n) is 5.85. The molecule has 0 aliphatic carbocycles. The number of nitro groups is 1. The maximum absolute atomic E-state index is 12.9. The summed E-state index contributed by atoms with van der Waals surface area (Å²) in [5.41, 5.74) is 3.43. The fourth-order valence-electron chi connectivity index (χ4n) is 4.27.